The largest absolute Gasteiger partial charge is 0.508 e. The Labute approximate surface area is 237 Å². The van der Waals surface area contributed by atoms with Crippen LogP contribution in [-0.4, -0.2) is 41.5 Å². The Bertz CT molecular complexity index is 1850. The van der Waals surface area contributed by atoms with Crippen molar-refractivity contribution in [1.29, 1.82) is 0 Å². The second-order valence-electron chi connectivity index (χ2n) is 8.68. The number of hydrogen-bond donors (Lipinski definition) is 4. The van der Waals surface area contributed by atoms with Gasteiger partial charge in [0.15, 0.2) is 11.6 Å². The number of pyridine rings is 1. The molecule has 5 aromatic rings. The molecule has 3 aromatic carbocycles. The molecule has 0 saturated carbocycles. The van der Waals surface area contributed by atoms with Gasteiger partial charge in [0.25, 0.3) is 15.9 Å². The van der Waals surface area contributed by atoms with Gasteiger partial charge in [0, 0.05) is 41.5 Å². The Morgan fingerprint density at radius 2 is 1.61 bits per heavy atom. The Hall–Kier alpha value is -5.23. The summed E-state index contributed by atoms with van der Waals surface area (Å²) in [5, 5.41) is 15.8. The van der Waals surface area contributed by atoms with Gasteiger partial charge in [0.1, 0.15) is 11.5 Å². The molecule has 1 amide bonds. The average molecular weight is 573 g/mol. The quantitative estimate of drug-likeness (QED) is 0.189. The summed E-state index contributed by atoms with van der Waals surface area (Å²) in [7, 11) is -2.72. The molecular formula is C29H28N6O5S. The Morgan fingerprint density at radius 3 is 2.32 bits per heavy atom. The molecule has 210 valence electrons. The van der Waals surface area contributed by atoms with Crippen molar-refractivity contribution in [2.45, 2.75) is 19.2 Å². The molecule has 0 bridgehead atoms. The van der Waals surface area contributed by atoms with Crippen molar-refractivity contribution in [1.82, 2.24) is 15.0 Å². The Morgan fingerprint density at radius 1 is 0.878 bits per heavy atom. The number of aryl methyl sites for hydroxylation is 1. The number of methoxy groups -OCH3 is 1. The van der Waals surface area contributed by atoms with E-state index < -0.39 is 15.9 Å². The number of hydrogen-bond acceptors (Lipinski definition) is 9. The van der Waals surface area contributed by atoms with Gasteiger partial charge >= 0.3 is 0 Å². The summed E-state index contributed by atoms with van der Waals surface area (Å²) in [6.45, 7) is 1.71. The zero-order valence-corrected chi connectivity index (χ0v) is 22.2. The standard InChI is InChI=1S/C28H24N6O5S.CH4/c1-17-23(9-6-12-29-17)28(36)31-18-7-5-8-22(15-18)40(37,38)34-27-26(32-24-10-3-4-11-25(24)33-27)30-19-13-20(35)16-21(14-19)39-2;/h3-16,35H,1-2H3,(H,30,32)(H,31,36)(H,33,34);1H4. The molecule has 41 heavy (non-hydrogen) atoms. The molecule has 0 atom stereocenters. The lowest BCUT2D eigenvalue weighted by Crippen LogP contribution is -2.17. The molecule has 0 radical (unpaired) electrons. The van der Waals surface area contributed by atoms with Crippen LogP contribution in [0.1, 0.15) is 23.5 Å². The molecule has 12 heteroatoms. The second-order valence-corrected chi connectivity index (χ2v) is 10.4. The first-order valence-electron chi connectivity index (χ1n) is 12.0. The number of rotatable bonds is 8. The van der Waals surface area contributed by atoms with Crippen molar-refractivity contribution in [3.05, 3.63) is 96.3 Å². The van der Waals surface area contributed by atoms with Crippen molar-refractivity contribution in [2.24, 2.45) is 0 Å². The smallest absolute Gasteiger partial charge is 0.263 e. The molecule has 0 unspecified atom stereocenters. The zero-order chi connectivity index (χ0) is 28.3. The average Bonchev–Trinajstić information content (AvgIpc) is 2.93. The number of anilines is 4. The van der Waals surface area contributed by atoms with E-state index in [1.807, 2.05) is 0 Å². The lowest BCUT2D eigenvalue weighted by Gasteiger charge is -2.15. The number of fused-ring (bicyclic) bond motifs is 1. The van der Waals surface area contributed by atoms with Crippen LogP contribution < -0.4 is 20.1 Å². The predicted octanol–water partition coefficient (Wildman–Crippen LogP) is 5.48. The summed E-state index contributed by atoms with van der Waals surface area (Å²) in [5.41, 5.74) is 2.59. The molecule has 11 nitrogen and oxygen atoms in total. The summed E-state index contributed by atoms with van der Waals surface area (Å²) >= 11 is 0. The van der Waals surface area contributed by atoms with Gasteiger partial charge in [0.2, 0.25) is 0 Å². The highest BCUT2D eigenvalue weighted by molar-refractivity contribution is 7.92. The second kappa shape index (κ2) is 11.9. The van der Waals surface area contributed by atoms with Gasteiger partial charge in [-0.15, -0.1) is 0 Å². The molecule has 0 aliphatic carbocycles. The van der Waals surface area contributed by atoms with E-state index in [0.717, 1.165) is 0 Å². The first kappa shape index (κ1) is 28.8. The van der Waals surface area contributed by atoms with E-state index in [1.54, 1.807) is 61.7 Å². The third-order valence-electron chi connectivity index (χ3n) is 5.85. The fourth-order valence-electron chi connectivity index (χ4n) is 3.92. The van der Waals surface area contributed by atoms with Gasteiger partial charge < -0.3 is 20.5 Å². The molecule has 5 rings (SSSR count). The van der Waals surface area contributed by atoms with Gasteiger partial charge in [-0.25, -0.2) is 18.4 Å². The number of nitrogens with zero attached hydrogens (tertiary/aromatic N) is 3. The van der Waals surface area contributed by atoms with Crippen molar-refractivity contribution >= 4 is 50.0 Å². The minimum absolute atomic E-state index is 0. The number of nitrogens with one attached hydrogen (secondary N) is 3. The molecule has 2 heterocycles. The number of aromatic hydroxyl groups is 1. The van der Waals surface area contributed by atoms with E-state index in [-0.39, 0.29) is 35.4 Å². The molecule has 0 aliphatic rings. The van der Waals surface area contributed by atoms with Crippen molar-refractivity contribution in [2.75, 3.05) is 22.5 Å². The molecule has 0 saturated heterocycles. The minimum Gasteiger partial charge on any atom is -0.508 e. The topological polar surface area (TPSA) is 155 Å². The van der Waals surface area contributed by atoms with Gasteiger partial charge in [0.05, 0.1) is 28.6 Å². The molecule has 0 fully saturated rings. The van der Waals surface area contributed by atoms with Crippen LogP contribution in [0.15, 0.2) is 90.0 Å². The lowest BCUT2D eigenvalue weighted by molar-refractivity contribution is 0.102. The van der Waals surface area contributed by atoms with Gasteiger partial charge in [-0.3, -0.25) is 14.5 Å². The monoisotopic (exact) mass is 572 g/mol. The Kier molecular flexibility index (Phi) is 8.34. The number of benzene rings is 3. The van der Waals surface area contributed by atoms with Gasteiger partial charge in [-0.1, -0.05) is 25.6 Å². The maximum atomic E-state index is 13.5. The number of ether oxygens (including phenoxy) is 1. The highest BCUT2D eigenvalue weighted by Crippen LogP contribution is 2.31. The van der Waals surface area contributed by atoms with E-state index in [2.05, 4.69) is 30.3 Å². The zero-order valence-electron chi connectivity index (χ0n) is 21.4. The number of carbonyl (C=O) groups is 1. The van der Waals surface area contributed by atoms with Crippen LogP contribution in [0.4, 0.5) is 23.0 Å². The maximum Gasteiger partial charge on any atom is 0.263 e. The maximum absolute atomic E-state index is 13.5. The number of para-hydroxylation sites is 2. The summed E-state index contributed by atoms with van der Waals surface area (Å²) in [6, 6.07) is 20.6. The Balaban J connectivity index is 0.00000387. The van der Waals surface area contributed by atoms with Crippen molar-refractivity contribution in [3.8, 4) is 11.5 Å². The SMILES string of the molecule is C.COc1cc(O)cc(Nc2nc3ccccc3nc2NS(=O)(=O)c2cccc(NC(=O)c3cccnc3C)c2)c1. The summed E-state index contributed by atoms with van der Waals surface area (Å²) < 4.78 is 34.6. The number of phenolic OH excluding ortho intramolecular Hbond substituents is 1. The third kappa shape index (κ3) is 6.50. The van der Waals surface area contributed by atoms with Crippen LogP contribution in [0.25, 0.3) is 11.0 Å². The number of aromatic nitrogens is 3. The highest BCUT2D eigenvalue weighted by atomic mass is 32.2. The van der Waals surface area contributed by atoms with E-state index in [0.29, 0.717) is 33.7 Å². The van der Waals surface area contributed by atoms with Crippen LogP contribution in [0, 0.1) is 6.92 Å². The first-order valence-corrected chi connectivity index (χ1v) is 13.5. The number of carbonyl (C=O) groups excluding carboxylic acids is 1. The molecule has 0 aliphatic heterocycles. The van der Waals surface area contributed by atoms with Crippen molar-refractivity contribution in [3.63, 3.8) is 0 Å². The summed E-state index contributed by atoms with van der Waals surface area (Å²) in [6.07, 6.45) is 1.58. The van der Waals surface area contributed by atoms with E-state index in [4.69, 9.17) is 4.74 Å². The van der Waals surface area contributed by atoms with Crippen LogP contribution in [-0.2, 0) is 10.0 Å². The summed E-state index contributed by atoms with van der Waals surface area (Å²) in [5.74, 6) is -0.0498. The van der Waals surface area contributed by atoms with Gasteiger partial charge in [-0.05, 0) is 49.4 Å². The van der Waals surface area contributed by atoms with Crippen molar-refractivity contribution < 1.29 is 23.1 Å². The van der Waals surface area contributed by atoms with E-state index in [9.17, 15) is 18.3 Å². The van der Waals surface area contributed by atoms with Crippen LogP contribution in [0.5, 0.6) is 11.5 Å². The summed E-state index contributed by atoms with van der Waals surface area (Å²) in [4.78, 5) is 25.8. The van der Waals surface area contributed by atoms with Gasteiger partial charge in [-0.2, -0.15) is 0 Å². The number of phenols is 1. The fourth-order valence-corrected chi connectivity index (χ4v) is 4.97. The molecule has 2 aromatic heterocycles. The number of amides is 1. The third-order valence-corrected chi connectivity index (χ3v) is 7.18. The first-order chi connectivity index (χ1) is 19.2. The molecular weight excluding hydrogens is 544 g/mol. The normalized spacial score (nSPS) is 10.9. The van der Waals surface area contributed by atoms with Crippen LogP contribution >= 0.6 is 0 Å². The molecule has 4 N–H and O–H groups in total. The minimum atomic E-state index is -4.18. The highest BCUT2D eigenvalue weighted by Gasteiger charge is 2.20. The fraction of sp³-hybridized carbons (Fsp3) is 0.103. The van der Waals surface area contributed by atoms with Crippen LogP contribution in [0.3, 0.4) is 0 Å². The predicted molar refractivity (Wildman–Crippen MR) is 158 cm³/mol. The number of sulfonamides is 1. The van der Waals surface area contributed by atoms with Crippen LogP contribution in [0.2, 0.25) is 0 Å². The molecule has 0 spiro atoms. The lowest BCUT2D eigenvalue weighted by atomic mass is 10.2. The van der Waals surface area contributed by atoms with E-state index >= 15 is 0 Å². The van der Waals surface area contributed by atoms with E-state index in [1.165, 1.54) is 37.4 Å².